The van der Waals surface area contributed by atoms with Crippen LogP contribution in [0.1, 0.15) is 30.5 Å². The molecule has 3 rings (SSSR count). The Labute approximate surface area is 141 Å². The van der Waals surface area contributed by atoms with Crippen LogP contribution in [0.25, 0.3) is 0 Å². The molecular formula is C17H21ClN4O. The molecule has 6 heteroatoms. The van der Waals surface area contributed by atoms with Crippen molar-refractivity contribution in [2.24, 2.45) is 0 Å². The SMILES string of the molecule is Cc1cc(CC[C@@H]2CCCN2C(=O)Cn2cc(Cl)cn2)ccn1. The van der Waals surface area contributed by atoms with Gasteiger partial charge >= 0.3 is 0 Å². The van der Waals surface area contributed by atoms with E-state index in [1.807, 2.05) is 18.0 Å². The lowest BCUT2D eigenvalue weighted by atomic mass is 10.0. The number of amides is 1. The van der Waals surface area contributed by atoms with Crippen LogP contribution in [0.4, 0.5) is 0 Å². The minimum absolute atomic E-state index is 0.123. The van der Waals surface area contributed by atoms with Crippen LogP contribution in [-0.2, 0) is 17.8 Å². The molecule has 2 aromatic rings. The molecule has 5 nitrogen and oxygen atoms in total. The molecule has 0 aliphatic carbocycles. The smallest absolute Gasteiger partial charge is 0.244 e. The highest BCUT2D eigenvalue weighted by molar-refractivity contribution is 6.30. The zero-order valence-electron chi connectivity index (χ0n) is 13.3. The van der Waals surface area contributed by atoms with Crippen molar-refractivity contribution in [2.75, 3.05) is 6.54 Å². The van der Waals surface area contributed by atoms with E-state index >= 15 is 0 Å². The predicted molar refractivity (Wildman–Crippen MR) is 89.3 cm³/mol. The van der Waals surface area contributed by atoms with Crippen molar-refractivity contribution in [1.29, 1.82) is 0 Å². The summed E-state index contributed by atoms with van der Waals surface area (Å²) in [6.45, 7) is 3.11. The molecule has 0 unspecified atom stereocenters. The molecule has 23 heavy (non-hydrogen) atoms. The topological polar surface area (TPSA) is 51.0 Å². The molecule has 0 N–H and O–H groups in total. The van der Waals surface area contributed by atoms with Crippen LogP contribution >= 0.6 is 11.6 Å². The van der Waals surface area contributed by atoms with Gasteiger partial charge in [-0.25, -0.2) is 0 Å². The largest absolute Gasteiger partial charge is 0.338 e. The van der Waals surface area contributed by atoms with Gasteiger partial charge in [-0.15, -0.1) is 0 Å². The number of likely N-dealkylation sites (tertiary alicyclic amines) is 1. The zero-order chi connectivity index (χ0) is 16.2. The van der Waals surface area contributed by atoms with Gasteiger partial charge in [-0.05, 0) is 50.3 Å². The predicted octanol–water partition coefficient (Wildman–Crippen LogP) is 2.86. The van der Waals surface area contributed by atoms with Crippen molar-refractivity contribution in [3.05, 3.63) is 47.0 Å². The van der Waals surface area contributed by atoms with Gasteiger partial charge in [0.25, 0.3) is 0 Å². The number of pyridine rings is 1. The lowest BCUT2D eigenvalue weighted by Gasteiger charge is -2.25. The van der Waals surface area contributed by atoms with Gasteiger partial charge in [0.2, 0.25) is 5.91 Å². The Bertz CT molecular complexity index is 685. The molecule has 1 saturated heterocycles. The zero-order valence-corrected chi connectivity index (χ0v) is 14.0. The Hall–Kier alpha value is -1.88. The molecule has 1 aliphatic rings. The van der Waals surface area contributed by atoms with Crippen LogP contribution in [0, 0.1) is 6.92 Å². The standard InChI is InChI=1S/C17H21ClN4O/c1-13-9-14(6-7-19-13)4-5-16-3-2-8-22(16)17(23)12-21-11-15(18)10-20-21/h6-7,9-11,16H,2-5,8,12H2,1H3/t16-/m0/s1. The van der Waals surface area contributed by atoms with E-state index in [9.17, 15) is 4.79 Å². The fraction of sp³-hybridized carbons (Fsp3) is 0.471. The fourth-order valence-corrected chi connectivity index (χ4v) is 3.37. The van der Waals surface area contributed by atoms with Crippen LogP contribution in [-0.4, -0.2) is 38.2 Å². The van der Waals surface area contributed by atoms with E-state index in [2.05, 4.69) is 22.2 Å². The van der Waals surface area contributed by atoms with Crippen molar-refractivity contribution in [1.82, 2.24) is 19.7 Å². The van der Waals surface area contributed by atoms with E-state index in [1.54, 1.807) is 17.1 Å². The molecule has 0 saturated carbocycles. The first-order valence-corrected chi connectivity index (χ1v) is 8.38. The Balaban J connectivity index is 1.57. The Morgan fingerprint density at radius 3 is 3.09 bits per heavy atom. The molecule has 1 amide bonds. The van der Waals surface area contributed by atoms with Crippen molar-refractivity contribution in [2.45, 2.75) is 45.2 Å². The number of carbonyl (C=O) groups excluding carboxylic acids is 1. The third-order valence-corrected chi connectivity index (χ3v) is 4.52. The maximum absolute atomic E-state index is 12.5. The number of aromatic nitrogens is 3. The van der Waals surface area contributed by atoms with Gasteiger partial charge in [0, 0.05) is 30.7 Å². The normalized spacial score (nSPS) is 17.7. The number of carbonyl (C=O) groups is 1. The molecule has 2 aromatic heterocycles. The van der Waals surface area contributed by atoms with E-state index in [0.717, 1.165) is 37.9 Å². The lowest BCUT2D eigenvalue weighted by Crippen LogP contribution is -2.38. The van der Waals surface area contributed by atoms with E-state index in [1.165, 1.54) is 5.56 Å². The molecular weight excluding hydrogens is 312 g/mol. The van der Waals surface area contributed by atoms with Gasteiger partial charge in [-0.1, -0.05) is 11.6 Å². The van der Waals surface area contributed by atoms with Gasteiger partial charge in [-0.2, -0.15) is 5.10 Å². The van der Waals surface area contributed by atoms with Crippen LogP contribution in [0.5, 0.6) is 0 Å². The summed E-state index contributed by atoms with van der Waals surface area (Å²) in [7, 11) is 0. The highest BCUT2D eigenvalue weighted by Gasteiger charge is 2.28. The minimum Gasteiger partial charge on any atom is -0.338 e. The first kappa shape index (κ1) is 16.0. The first-order chi connectivity index (χ1) is 11.1. The monoisotopic (exact) mass is 332 g/mol. The van der Waals surface area contributed by atoms with E-state index in [-0.39, 0.29) is 12.5 Å². The van der Waals surface area contributed by atoms with Crippen molar-refractivity contribution in [3.8, 4) is 0 Å². The molecule has 0 radical (unpaired) electrons. The summed E-state index contributed by atoms with van der Waals surface area (Å²) in [4.78, 5) is 18.7. The molecule has 122 valence electrons. The van der Waals surface area contributed by atoms with Crippen molar-refractivity contribution < 1.29 is 4.79 Å². The third kappa shape index (κ3) is 4.10. The Morgan fingerprint density at radius 1 is 1.48 bits per heavy atom. The molecule has 1 aliphatic heterocycles. The average Bonchev–Trinajstić information content (AvgIpc) is 3.14. The van der Waals surface area contributed by atoms with Gasteiger partial charge < -0.3 is 4.90 Å². The average molecular weight is 333 g/mol. The second-order valence-electron chi connectivity index (χ2n) is 6.08. The quantitative estimate of drug-likeness (QED) is 0.846. The fourth-order valence-electron chi connectivity index (χ4n) is 3.21. The van der Waals surface area contributed by atoms with Crippen LogP contribution in [0.2, 0.25) is 5.02 Å². The minimum atomic E-state index is 0.123. The molecule has 0 spiro atoms. The number of hydrogen-bond acceptors (Lipinski definition) is 3. The maximum Gasteiger partial charge on any atom is 0.244 e. The van der Waals surface area contributed by atoms with Gasteiger partial charge in [0.15, 0.2) is 0 Å². The summed E-state index contributed by atoms with van der Waals surface area (Å²) >= 11 is 5.85. The van der Waals surface area contributed by atoms with Crippen molar-refractivity contribution >= 4 is 17.5 Å². The Morgan fingerprint density at radius 2 is 2.35 bits per heavy atom. The highest BCUT2D eigenvalue weighted by atomic mass is 35.5. The summed E-state index contributed by atoms with van der Waals surface area (Å²) in [5, 5.41) is 4.64. The van der Waals surface area contributed by atoms with Gasteiger partial charge in [0.05, 0.1) is 11.2 Å². The summed E-state index contributed by atoms with van der Waals surface area (Å²) in [6.07, 6.45) is 9.22. The number of halogens is 1. The lowest BCUT2D eigenvalue weighted by molar-refractivity contribution is -0.132. The van der Waals surface area contributed by atoms with E-state index in [0.29, 0.717) is 11.1 Å². The highest BCUT2D eigenvalue weighted by Crippen LogP contribution is 2.22. The molecule has 1 fully saturated rings. The summed E-state index contributed by atoms with van der Waals surface area (Å²) < 4.78 is 1.60. The van der Waals surface area contributed by atoms with Crippen LogP contribution in [0.15, 0.2) is 30.7 Å². The first-order valence-electron chi connectivity index (χ1n) is 8.01. The second kappa shape index (κ2) is 7.13. The number of rotatable bonds is 5. The van der Waals surface area contributed by atoms with Crippen molar-refractivity contribution in [3.63, 3.8) is 0 Å². The van der Waals surface area contributed by atoms with Crippen LogP contribution < -0.4 is 0 Å². The molecule has 0 bridgehead atoms. The second-order valence-corrected chi connectivity index (χ2v) is 6.52. The van der Waals surface area contributed by atoms with E-state index in [4.69, 9.17) is 11.6 Å². The summed E-state index contributed by atoms with van der Waals surface area (Å²) in [5.41, 5.74) is 2.33. The van der Waals surface area contributed by atoms with Gasteiger partial charge in [-0.3, -0.25) is 14.5 Å². The summed E-state index contributed by atoms with van der Waals surface area (Å²) in [5.74, 6) is 0.123. The van der Waals surface area contributed by atoms with Gasteiger partial charge in [0.1, 0.15) is 6.54 Å². The van der Waals surface area contributed by atoms with E-state index < -0.39 is 0 Å². The number of hydrogen-bond donors (Lipinski definition) is 0. The molecule has 0 aromatic carbocycles. The molecule has 1 atom stereocenters. The third-order valence-electron chi connectivity index (χ3n) is 4.32. The Kier molecular flexibility index (Phi) is 4.96. The maximum atomic E-state index is 12.5. The number of nitrogens with zero attached hydrogens (tertiary/aromatic N) is 4. The molecule has 3 heterocycles. The number of aryl methyl sites for hydroxylation is 2. The summed E-state index contributed by atoms with van der Waals surface area (Å²) in [6, 6.07) is 4.49. The van der Waals surface area contributed by atoms with Crippen LogP contribution in [0.3, 0.4) is 0 Å².